The number of nitriles is 1. The Bertz CT molecular complexity index is 428. The fraction of sp³-hybridized carbons (Fsp3) is 0.667. The molecular formula is C12H17N3S. The van der Waals surface area contributed by atoms with Crippen LogP contribution in [0.5, 0.6) is 0 Å². The summed E-state index contributed by atoms with van der Waals surface area (Å²) >= 11 is 1.71. The number of hydrogen-bond acceptors (Lipinski definition) is 4. The summed E-state index contributed by atoms with van der Waals surface area (Å²) in [5.74, 6) is 0. The van der Waals surface area contributed by atoms with Crippen LogP contribution >= 0.6 is 11.3 Å². The monoisotopic (exact) mass is 235 g/mol. The maximum absolute atomic E-state index is 9.13. The van der Waals surface area contributed by atoms with Gasteiger partial charge < -0.3 is 5.32 Å². The minimum atomic E-state index is -0.458. The van der Waals surface area contributed by atoms with E-state index in [0.717, 1.165) is 17.8 Å². The van der Waals surface area contributed by atoms with E-state index in [0.29, 0.717) is 6.04 Å². The lowest BCUT2D eigenvalue weighted by molar-refractivity contribution is 0.487. The lowest BCUT2D eigenvalue weighted by atomic mass is 9.96. The first-order chi connectivity index (χ1) is 7.58. The van der Waals surface area contributed by atoms with Gasteiger partial charge in [0.1, 0.15) is 10.4 Å². The Morgan fingerprint density at radius 1 is 1.56 bits per heavy atom. The number of nitrogens with one attached hydrogen (secondary N) is 1. The molecule has 4 heteroatoms. The van der Waals surface area contributed by atoms with Gasteiger partial charge in [0.25, 0.3) is 0 Å². The van der Waals surface area contributed by atoms with E-state index >= 15 is 0 Å². The lowest BCUT2D eigenvalue weighted by Crippen LogP contribution is -2.21. The third-order valence-corrected chi connectivity index (χ3v) is 4.57. The van der Waals surface area contributed by atoms with Crippen LogP contribution < -0.4 is 5.32 Å². The molecule has 3 nitrogen and oxygen atoms in total. The molecule has 0 fully saturated rings. The normalized spacial score (nSPS) is 20.2. The van der Waals surface area contributed by atoms with Crippen molar-refractivity contribution < 1.29 is 0 Å². The van der Waals surface area contributed by atoms with Gasteiger partial charge in [-0.05, 0) is 40.2 Å². The molecule has 1 N–H and O–H groups in total. The zero-order chi connectivity index (χ0) is 11.8. The molecule has 1 aromatic heterocycles. The highest BCUT2D eigenvalue weighted by molar-refractivity contribution is 7.12. The highest BCUT2D eigenvalue weighted by atomic mass is 32.1. The molecule has 0 saturated carbocycles. The summed E-state index contributed by atoms with van der Waals surface area (Å²) in [6, 6.07) is 2.71. The first-order valence-corrected chi connectivity index (χ1v) is 6.48. The fourth-order valence-corrected chi connectivity index (χ4v) is 3.23. The summed E-state index contributed by atoms with van der Waals surface area (Å²) in [6.07, 6.45) is 3.49. The first-order valence-electron chi connectivity index (χ1n) is 5.67. The van der Waals surface area contributed by atoms with Crippen LogP contribution in [0.4, 0.5) is 0 Å². The molecule has 1 heterocycles. The second-order valence-electron chi connectivity index (χ2n) is 4.80. The zero-order valence-corrected chi connectivity index (χ0v) is 10.8. The summed E-state index contributed by atoms with van der Waals surface area (Å²) < 4.78 is 0. The van der Waals surface area contributed by atoms with Crippen molar-refractivity contribution in [3.8, 4) is 6.07 Å². The quantitative estimate of drug-likeness (QED) is 0.857. The molecule has 0 aromatic carbocycles. The summed E-state index contributed by atoms with van der Waals surface area (Å²) in [4.78, 5) is 6.04. The van der Waals surface area contributed by atoms with Crippen LogP contribution in [-0.2, 0) is 11.8 Å². The Balaban J connectivity index is 2.40. The number of fused-ring (bicyclic) bond motifs is 1. The van der Waals surface area contributed by atoms with Crippen molar-refractivity contribution in [1.82, 2.24) is 10.3 Å². The Labute approximate surface area is 101 Å². The highest BCUT2D eigenvalue weighted by Gasteiger charge is 2.29. The van der Waals surface area contributed by atoms with Gasteiger partial charge in [-0.25, -0.2) is 4.98 Å². The van der Waals surface area contributed by atoms with Crippen molar-refractivity contribution >= 4 is 11.3 Å². The van der Waals surface area contributed by atoms with Gasteiger partial charge in [-0.15, -0.1) is 11.3 Å². The number of rotatable bonds is 2. The van der Waals surface area contributed by atoms with Gasteiger partial charge in [0.05, 0.1) is 17.8 Å². The molecule has 0 aliphatic heterocycles. The van der Waals surface area contributed by atoms with Crippen molar-refractivity contribution in [2.75, 3.05) is 7.05 Å². The third kappa shape index (κ3) is 1.85. The van der Waals surface area contributed by atoms with Gasteiger partial charge >= 0.3 is 0 Å². The minimum absolute atomic E-state index is 0.378. The smallest absolute Gasteiger partial charge is 0.113 e. The molecule has 1 aromatic rings. The summed E-state index contributed by atoms with van der Waals surface area (Å²) in [7, 11) is 1.98. The van der Waals surface area contributed by atoms with E-state index in [-0.39, 0.29) is 0 Å². The lowest BCUT2D eigenvalue weighted by Gasteiger charge is -2.20. The average molecular weight is 235 g/mol. The largest absolute Gasteiger partial charge is 0.312 e. The molecule has 1 aliphatic carbocycles. The average Bonchev–Trinajstić information content (AvgIpc) is 2.73. The van der Waals surface area contributed by atoms with E-state index in [1.807, 2.05) is 20.9 Å². The Hall–Kier alpha value is -0.920. The molecule has 0 bridgehead atoms. The predicted molar refractivity (Wildman–Crippen MR) is 65.5 cm³/mol. The molecule has 1 unspecified atom stereocenters. The van der Waals surface area contributed by atoms with Crippen LogP contribution in [0.1, 0.15) is 48.3 Å². The van der Waals surface area contributed by atoms with Crippen molar-refractivity contribution in [3.63, 3.8) is 0 Å². The van der Waals surface area contributed by atoms with Gasteiger partial charge in [-0.1, -0.05) is 0 Å². The van der Waals surface area contributed by atoms with Crippen LogP contribution in [0.15, 0.2) is 0 Å². The maximum Gasteiger partial charge on any atom is 0.113 e. The van der Waals surface area contributed by atoms with Crippen molar-refractivity contribution in [2.24, 2.45) is 0 Å². The summed E-state index contributed by atoms with van der Waals surface area (Å²) in [5.41, 5.74) is 0.720. The molecule has 86 valence electrons. The topological polar surface area (TPSA) is 48.7 Å². The van der Waals surface area contributed by atoms with Gasteiger partial charge in [-0.2, -0.15) is 5.26 Å². The molecule has 16 heavy (non-hydrogen) atoms. The maximum atomic E-state index is 9.13. The molecule has 2 rings (SSSR count). The van der Waals surface area contributed by atoms with E-state index in [4.69, 9.17) is 5.26 Å². The molecular weight excluding hydrogens is 218 g/mol. The summed E-state index contributed by atoms with van der Waals surface area (Å²) in [5, 5.41) is 13.4. The van der Waals surface area contributed by atoms with Crippen LogP contribution in [0.2, 0.25) is 0 Å². The molecule has 1 atom stereocenters. The number of aryl methyl sites for hydroxylation is 1. The van der Waals surface area contributed by atoms with Crippen LogP contribution in [-0.4, -0.2) is 12.0 Å². The number of nitrogens with zero attached hydrogens (tertiary/aromatic N) is 2. The van der Waals surface area contributed by atoms with Gasteiger partial charge in [0.2, 0.25) is 0 Å². The Kier molecular flexibility index (Phi) is 3.00. The highest BCUT2D eigenvalue weighted by Crippen LogP contribution is 2.37. The fourth-order valence-electron chi connectivity index (χ4n) is 2.01. The minimum Gasteiger partial charge on any atom is -0.312 e. The van der Waals surface area contributed by atoms with E-state index < -0.39 is 5.41 Å². The molecule has 0 saturated heterocycles. The van der Waals surface area contributed by atoms with E-state index in [9.17, 15) is 0 Å². The number of aromatic nitrogens is 1. The van der Waals surface area contributed by atoms with E-state index in [1.165, 1.54) is 17.0 Å². The van der Waals surface area contributed by atoms with Gasteiger partial charge in [-0.3, -0.25) is 0 Å². The van der Waals surface area contributed by atoms with Crippen LogP contribution in [0.3, 0.4) is 0 Å². The predicted octanol–water partition coefficient (Wildman–Crippen LogP) is 2.54. The van der Waals surface area contributed by atoms with E-state index in [1.54, 1.807) is 11.3 Å². The van der Waals surface area contributed by atoms with Gasteiger partial charge in [0, 0.05) is 4.88 Å². The van der Waals surface area contributed by atoms with Crippen molar-refractivity contribution in [2.45, 2.75) is 44.6 Å². The third-order valence-electron chi connectivity index (χ3n) is 3.12. The van der Waals surface area contributed by atoms with Crippen LogP contribution in [0, 0.1) is 11.3 Å². The van der Waals surface area contributed by atoms with Gasteiger partial charge in [0.15, 0.2) is 0 Å². The second kappa shape index (κ2) is 4.15. The Morgan fingerprint density at radius 3 is 2.94 bits per heavy atom. The molecule has 1 aliphatic rings. The van der Waals surface area contributed by atoms with E-state index in [2.05, 4.69) is 16.4 Å². The number of hydrogen-bond donors (Lipinski definition) is 1. The molecule has 0 radical (unpaired) electrons. The summed E-state index contributed by atoms with van der Waals surface area (Å²) in [6.45, 7) is 3.87. The van der Waals surface area contributed by atoms with Crippen molar-refractivity contribution in [1.29, 1.82) is 5.26 Å². The van der Waals surface area contributed by atoms with Crippen molar-refractivity contribution in [3.05, 3.63) is 15.6 Å². The number of thiazole rings is 1. The molecule has 0 amide bonds. The van der Waals surface area contributed by atoms with Crippen LogP contribution in [0.25, 0.3) is 0 Å². The Morgan fingerprint density at radius 2 is 2.31 bits per heavy atom. The molecule has 0 spiro atoms. The first kappa shape index (κ1) is 11.6. The second-order valence-corrected chi connectivity index (χ2v) is 5.88. The SMILES string of the molecule is CNC1CCCc2sc(C(C)(C)C#N)nc21. The zero-order valence-electron chi connectivity index (χ0n) is 10.0. The standard InChI is InChI=1S/C12H17N3S/c1-12(2,7-13)11-15-10-8(14-3)5-4-6-9(10)16-11/h8,14H,4-6H2,1-3H3.